The van der Waals surface area contributed by atoms with Crippen LogP contribution in [0.4, 0.5) is 0 Å². The van der Waals surface area contributed by atoms with Gasteiger partial charge in [0.05, 0.1) is 10.9 Å². The van der Waals surface area contributed by atoms with Gasteiger partial charge >= 0.3 is 0 Å². The molecule has 2 heterocycles. The molecule has 2 N–H and O–H groups in total. The molecule has 100 valence electrons. The number of nitrogens with zero attached hydrogens (tertiary/aromatic N) is 2. The smallest absolute Gasteiger partial charge is 0.261 e. The summed E-state index contributed by atoms with van der Waals surface area (Å²) in [4.78, 5) is 17.3. The molecule has 1 aromatic carbocycles. The Morgan fingerprint density at radius 3 is 2.89 bits per heavy atom. The number of nitrogens with two attached hydrogens (primary N) is 1. The molecule has 0 amide bonds. The van der Waals surface area contributed by atoms with E-state index in [-0.39, 0.29) is 11.6 Å². The molecule has 0 saturated heterocycles. The van der Waals surface area contributed by atoms with Crippen LogP contribution in [0.2, 0.25) is 0 Å². The Bertz CT molecular complexity index is 715. The number of aromatic nitrogens is 2. The highest BCUT2D eigenvalue weighted by Crippen LogP contribution is 2.28. The van der Waals surface area contributed by atoms with Crippen LogP contribution < -0.4 is 11.3 Å². The molecule has 3 rings (SSSR count). The summed E-state index contributed by atoms with van der Waals surface area (Å²) in [5, 5.41) is 0.699. The molecule has 0 aliphatic carbocycles. The second-order valence-electron chi connectivity index (χ2n) is 5.66. The number of rotatable bonds is 1. The van der Waals surface area contributed by atoms with Gasteiger partial charge in [0.25, 0.3) is 5.56 Å². The summed E-state index contributed by atoms with van der Waals surface area (Å²) in [5.41, 5.74) is 8.92. The maximum atomic E-state index is 12.6. The Labute approximate surface area is 112 Å². The summed E-state index contributed by atoms with van der Waals surface area (Å²) < 4.78 is 1.82. The van der Waals surface area contributed by atoms with Crippen LogP contribution in [0.1, 0.15) is 49.2 Å². The number of benzene rings is 1. The molecule has 0 spiro atoms. The average molecular weight is 257 g/mol. The molecule has 2 atom stereocenters. The second-order valence-corrected chi connectivity index (χ2v) is 5.66. The quantitative estimate of drug-likeness (QED) is 0.852. The van der Waals surface area contributed by atoms with Gasteiger partial charge in [-0.05, 0) is 37.5 Å². The van der Waals surface area contributed by atoms with Gasteiger partial charge in [-0.2, -0.15) is 0 Å². The van der Waals surface area contributed by atoms with Crippen molar-refractivity contribution in [2.45, 2.75) is 45.7 Å². The molecule has 1 aliphatic rings. The van der Waals surface area contributed by atoms with E-state index < -0.39 is 0 Å². The van der Waals surface area contributed by atoms with Crippen molar-refractivity contribution in [2.24, 2.45) is 5.73 Å². The van der Waals surface area contributed by atoms with Crippen molar-refractivity contribution >= 4 is 10.9 Å². The monoisotopic (exact) mass is 257 g/mol. The van der Waals surface area contributed by atoms with Crippen molar-refractivity contribution in [2.75, 3.05) is 0 Å². The molecule has 0 bridgehead atoms. The van der Waals surface area contributed by atoms with E-state index in [1.165, 1.54) is 0 Å². The van der Waals surface area contributed by atoms with Gasteiger partial charge in [-0.3, -0.25) is 9.36 Å². The van der Waals surface area contributed by atoms with Crippen LogP contribution in [-0.2, 0) is 6.54 Å². The van der Waals surface area contributed by atoms with Gasteiger partial charge in [0.15, 0.2) is 0 Å². The minimum absolute atomic E-state index is 0.0787. The molecule has 2 unspecified atom stereocenters. The Kier molecular flexibility index (Phi) is 2.71. The predicted molar refractivity (Wildman–Crippen MR) is 76.4 cm³/mol. The van der Waals surface area contributed by atoms with E-state index in [1.54, 1.807) is 0 Å². The maximum Gasteiger partial charge on any atom is 0.261 e. The van der Waals surface area contributed by atoms with Gasteiger partial charge in [0, 0.05) is 18.5 Å². The third-order valence-corrected chi connectivity index (χ3v) is 3.98. The molecule has 4 heteroatoms. The largest absolute Gasteiger partial charge is 0.324 e. The predicted octanol–water partition coefficient (Wildman–Crippen LogP) is 2.23. The topological polar surface area (TPSA) is 60.9 Å². The van der Waals surface area contributed by atoms with Crippen molar-refractivity contribution in [3.8, 4) is 0 Å². The Morgan fingerprint density at radius 2 is 2.21 bits per heavy atom. The van der Waals surface area contributed by atoms with Crippen LogP contribution in [0.5, 0.6) is 0 Å². The first-order valence-electron chi connectivity index (χ1n) is 6.79. The van der Waals surface area contributed by atoms with Crippen LogP contribution in [0, 0.1) is 6.92 Å². The minimum Gasteiger partial charge on any atom is -0.324 e. The Balaban J connectivity index is 2.45. The lowest BCUT2D eigenvalue weighted by atomic mass is 10.0. The second kappa shape index (κ2) is 4.17. The van der Waals surface area contributed by atoms with E-state index in [0.717, 1.165) is 35.4 Å². The van der Waals surface area contributed by atoms with Gasteiger partial charge in [-0.1, -0.05) is 13.0 Å². The van der Waals surface area contributed by atoms with Gasteiger partial charge in [-0.15, -0.1) is 0 Å². The van der Waals surface area contributed by atoms with Crippen molar-refractivity contribution in [3.63, 3.8) is 0 Å². The maximum absolute atomic E-state index is 12.6. The highest BCUT2D eigenvalue weighted by atomic mass is 16.1. The summed E-state index contributed by atoms with van der Waals surface area (Å²) in [6, 6.07) is 3.84. The first-order valence-corrected chi connectivity index (χ1v) is 6.79. The highest BCUT2D eigenvalue weighted by Gasteiger charge is 2.24. The van der Waals surface area contributed by atoms with Gasteiger partial charge in [-0.25, -0.2) is 4.98 Å². The van der Waals surface area contributed by atoms with Crippen LogP contribution in [0.15, 0.2) is 16.9 Å². The Hall–Kier alpha value is -1.68. The number of hydrogen-bond donors (Lipinski definition) is 1. The fourth-order valence-electron chi connectivity index (χ4n) is 2.91. The van der Waals surface area contributed by atoms with Crippen molar-refractivity contribution < 1.29 is 0 Å². The third kappa shape index (κ3) is 1.78. The number of aryl methyl sites for hydroxylation is 1. The van der Waals surface area contributed by atoms with Crippen LogP contribution in [0.25, 0.3) is 10.9 Å². The fourth-order valence-corrected chi connectivity index (χ4v) is 2.91. The van der Waals surface area contributed by atoms with Gasteiger partial charge in [0.1, 0.15) is 5.82 Å². The lowest BCUT2D eigenvalue weighted by molar-refractivity contribution is 0.695. The van der Waals surface area contributed by atoms with Crippen LogP contribution >= 0.6 is 0 Å². The lowest BCUT2D eigenvalue weighted by Gasteiger charge is -2.13. The zero-order chi connectivity index (χ0) is 13.7. The molecule has 0 radical (unpaired) electrons. The van der Waals surface area contributed by atoms with Crippen molar-refractivity contribution in [3.05, 3.63) is 39.4 Å². The van der Waals surface area contributed by atoms with Gasteiger partial charge in [0.2, 0.25) is 0 Å². The van der Waals surface area contributed by atoms with Crippen molar-refractivity contribution in [1.82, 2.24) is 9.55 Å². The summed E-state index contributed by atoms with van der Waals surface area (Å²) in [5.74, 6) is 1.25. The standard InChI is InChI=1S/C15H19N3O/c1-8-6-11(10(3)16)13-12(7-8)15(19)18-5-4-9(2)14(18)17-13/h6-7,9-10H,4-5,16H2,1-3H3. The highest BCUT2D eigenvalue weighted by molar-refractivity contribution is 5.82. The number of fused-ring (bicyclic) bond motifs is 2. The first-order chi connectivity index (χ1) is 8.99. The fraction of sp³-hybridized carbons (Fsp3) is 0.467. The molecule has 1 aliphatic heterocycles. The molecule has 0 saturated carbocycles. The van der Waals surface area contributed by atoms with Gasteiger partial charge < -0.3 is 5.73 Å². The molecule has 2 aromatic rings. The third-order valence-electron chi connectivity index (χ3n) is 3.98. The summed E-state index contributed by atoms with van der Waals surface area (Å²) in [7, 11) is 0. The average Bonchev–Trinajstić information content (AvgIpc) is 2.72. The van der Waals surface area contributed by atoms with E-state index >= 15 is 0 Å². The normalized spacial score (nSPS) is 19.7. The first kappa shape index (κ1) is 12.4. The zero-order valence-corrected chi connectivity index (χ0v) is 11.6. The van der Waals surface area contributed by atoms with E-state index in [1.807, 2.05) is 30.5 Å². The van der Waals surface area contributed by atoms with E-state index in [4.69, 9.17) is 10.7 Å². The molecular weight excluding hydrogens is 238 g/mol. The number of hydrogen-bond acceptors (Lipinski definition) is 3. The molecule has 19 heavy (non-hydrogen) atoms. The summed E-state index contributed by atoms with van der Waals surface area (Å²) in [6.45, 7) is 6.83. The van der Waals surface area contributed by atoms with E-state index in [9.17, 15) is 4.79 Å². The molecule has 4 nitrogen and oxygen atoms in total. The zero-order valence-electron chi connectivity index (χ0n) is 11.6. The van der Waals surface area contributed by atoms with Crippen LogP contribution in [0.3, 0.4) is 0 Å². The van der Waals surface area contributed by atoms with Crippen molar-refractivity contribution in [1.29, 1.82) is 0 Å². The minimum atomic E-state index is -0.117. The summed E-state index contributed by atoms with van der Waals surface area (Å²) >= 11 is 0. The SMILES string of the molecule is Cc1cc(C(C)N)c2nc3n(c(=O)c2c1)CCC3C. The van der Waals surface area contributed by atoms with Crippen LogP contribution in [-0.4, -0.2) is 9.55 Å². The van der Waals surface area contributed by atoms with E-state index in [2.05, 4.69) is 6.92 Å². The summed E-state index contributed by atoms with van der Waals surface area (Å²) in [6.07, 6.45) is 0.991. The lowest BCUT2D eigenvalue weighted by Crippen LogP contribution is -2.22. The Morgan fingerprint density at radius 1 is 1.47 bits per heavy atom. The molecular formula is C15H19N3O. The van der Waals surface area contributed by atoms with E-state index in [0.29, 0.717) is 11.3 Å². The molecule has 0 fully saturated rings. The molecule has 1 aromatic heterocycles.